The van der Waals surface area contributed by atoms with Crippen molar-refractivity contribution in [1.29, 1.82) is 0 Å². The van der Waals surface area contributed by atoms with Gasteiger partial charge in [0, 0.05) is 18.0 Å². The highest BCUT2D eigenvalue weighted by Gasteiger charge is 2.29. The maximum Gasteiger partial charge on any atom is 0.389 e. The number of rotatable bonds is 6. The van der Waals surface area contributed by atoms with Gasteiger partial charge in [0.25, 0.3) is 0 Å². The molecule has 0 aliphatic heterocycles. The van der Waals surface area contributed by atoms with E-state index in [0.717, 1.165) is 17.7 Å². The maximum atomic E-state index is 12.3. The molecule has 0 spiro atoms. The molecule has 0 saturated carbocycles. The van der Waals surface area contributed by atoms with E-state index >= 15 is 0 Å². The van der Waals surface area contributed by atoms with Gasteiger partial charge in [0.05, 0.1) is 0 Å². The summed E-state index contributed by atoms with van der Waals surface area (Å²) in [5, 5.41) is 3.15. The zero-order chi connectivity index (χ0) is 13.8. The van der Waals surface area contributed by atoms with Crippen LogP contribution in [0.15, 0.2) is 10.5 Å². The minimum absolute atomic E-state index is 0.0450. The summed E-state index contributed by atoms with van der Waals surface area (Å²) in [4.78, 5) is 0. The zero-order valence-corrected chi connectivity index (χ0v) is 11.0. The summed E-state index contributed by atoms with van der Waals surface area (Å²) in [6.45, 7) is 6.28. The Hall–Kier alpha value is -0.970. The van der Waals surface area contributed by atoms with E-state index in [0.29, 0.717) is 12.3 Å². The van der Waals surface area contributed by atoms with Gasteiger partial charge < -0.3 is 9.73 Å². The molecule has 0 saturated heterocycles. The molecule has 1 aromatic heterocycles. The van der Waals surface area contributed by atoms with E-state index < -0.39 is 12.6 Å². The lowest BCUT2D eigenvalue weighted by atomic mass is 10.0. The van der Waals surface area contributed by atoms with Crippen molar-refractivity contribution in [1.82, 2.24) is 5.32 Å². The van der Waals surface area contributed by atoms with Gasteiger partial charge in [-0.1, -0.05) is 6.92 Å². The van der Waals surface area contributed by atoms with Gasteiger partial charge in [-0.25, -0.2) is 0 Å². The fourth-order valence-electron chi connectivity index (χ4n) is 1.99. The molecular formula is C13H20F3NO. The first-order valence-electron chi connectivity index (χ1n) is 6.20. The van der Waals surface area contributed by atoms with Crippen LogP contribution in [0.2, 0.25) is 0 Å². The van der Waals surface area contributed by atoms with Gasteiger partial charge >= 0.3 is 6.18 Å². The molecule has 0 aliphatic carbocycles. The molecule has 0 aliphatic rings. The lowest BCUT2D eigenvalue weighted by Gasteiger charge is -2.19. The molecule has 1 unspecified atom stereocenters. The van der Waals surface area contributed by atoms with E-state index in [1.165, 1.54) is 0 Å². The number of furan rings is 1. The number of alkyl halides is 3. The Balaban J connectivity index is 2.74. The Labute approximate surface area is 106 Å². The molecule has 5 heteroatoms. The van der Waals surface area contributed by atoms with Gasteiger partial charge in [-0.3, -0.25) is 0 Å². The van der Waals surface area contributed by atoms with Gasteiger partial charge in [-0.15, -0.1) is 0 Å². The Kier molecular flexibility index (Phi) is 5.26. The third-order valence-electron chi connectivity index (χ3n) is 2.81. The lowest BCUT2D eigenvalue weighted by Crippen LogP contribution is -2.24. The standard InChI is InChI=1S/C13H20F3NO/c1-4-7-17-12(5-6-13(14,15)16)11-8-9(2)18-10(11)3/h8,12,17H,4-7H2,1-3H3. The van der Waals surface area contributed by atoms with E-state index in [9.17, 15) is 13.2 Å². The average Bonchev–Trinajstić information content (AvgIpc) is 2.57. The molecule has 1 heterocycles. The Morgan fingerprint density at radius 1 is 1.33 bits per heavy atom. The number of nitrogens with one attached hydrogen (secondary N) is 1. The van der Waals surface area contributed by atoms with Crippen molar-refractivity contribution in [2.24, 2.45) is 0 Å². The Morgan fingerprint density at radius 2 is 2.00 bits per heavy atom. The molecule has 1 rings (SSSR count). The summed E-state index contributed by atoms with van der Waals surface area (Å²) < 4.78 is 42.3. The first-order chi connectivity index (χ1) is 8.33. The second-order valence-corrected chi connectivity index (χ2v) is 4.53. The van der Waals surface area contributed by atoms with Crippen molar-refractivity contribution in [3.8, 4) is 0 Å². The fraction of sp³-hybridized carbons (Fsp3) is 0.692. The summed E-state index contributed by atoms with van der Waals surface area (Å²) in [6, 6.07) is 1.53. The van der Waals surface area contributed by atoms with Crippen LogP contribution in [-0.4, -0.2) is 12.7 Å². The topological polar surface area (TPSA) is 25.2 Å². The van der Waals surface area contributed by atoms with Crippen molar-refractivity contribution in [3.63, 3.8) is 0 Å². The third kappa shape index (κ3) is 4.72. The average molecular weight is 263 g/mol. The van der Waals surface area contributed by atoms with E-state index in [-0.39, 0.29) is 12.5 Å². The van der Waals surface area contributed by atoms with Crippen LogP contribution in [-0.2, 0) is 0 Å². The van der Waals surface area contributed by atoms with Crippen LogP contribution in [0.4, 0.5) is 13.2 Å². The summed E-state index contributed by atoms with van der Waals surface area (Å²) in [6.07, 6.45) is -3.96. The first kappa shape index (κ1) is 15.1. The maximum absolute atomic E-state index is 12.3. The molecular weight excluding hydrogens is 243 g/mol. The highest BCUT2D eigenvalue weighted by atomic mass is 19.4. The zero-order valence-electron chi connectivity index (χ0n) is 11.0. The van der Waals surface area contributed by atoms with E-state index in [1.54, 1.807) is 13.8 Å². The highest BCUT2D eigenvalue weighted by molar-refractivity contribution is 5.24. The minimum Gasteiger partial charge on any atom is -0.466 e. The predicted molar refractivity (Wildman–Crippen MR) is 64.5 cm³/mol. The SMILES string of the molecule is CCCNC(CCC(F)(F)F)c1cc(C)oc1C. The monoisotopic (exact) mass is 263 g/mol. The van der Waals surface area contributed by atoms with Crippen LogP contribution in [0.5, 0.6) is 0 Å². The van der Waals surface area contributed by atoms with Crippen molar-refractivity contribution in [2.45, 2.75) is 52.3 Å². The molecule has 0 fully saturated rings. The third-order valence-corrected chi connectivity index (χ3v) is 2.81. The minimum atomic E-state index is -4.11. The quantitative estimate of drug-likeness (QED) is 0.828. The molecule has 18 heavy (non-hydrogen) atoms. The molecule has 0 radical (unpaired) electrons. The largest absolute Gasteiger partial charge is 0.466 e. The summed E-state index contributed by atoms with van der Waals surface area (Å²) in [5.74, 6) is 1.43. The molecule has 104 valence electrons. The fourth-order valence-corrected chi connectivity index (χ4v) is 1.99. The van der Waals surface area contributed by atoms with Crippen LogP contribution >= 0.6 is 0 Å². The van der Waals surface area contributed by atoms with Crippen LogP contribution in [0.1, 0.15) is 49.3 Å². The van der Waals surface area contributed by atoms with Gasteiger partial charge in [0.2, 0.25) is 0 Å². The molecule has 2 nitrogen and oxygen atoms in total. The molecule has 0 bridgehead atoms. The van der Waals surface area contributed by atoms with Crippen LogP contribution < -0.4 is 5.32 Å². The van der Waals surface area contributed by atoms with Crippen molar-refractivity contribution in [2.75, 3.05) is 6.54 Å². The van der Waals surface area contributed by atoms with Crippen LogP contribution in [0.3, 0.4) is 0 Å². The number of aryl methyl sites for hydroxylation is 2. The second kappa shape index (κ2) is 6.27. The molecule has 1 atom stereocenters. The number of hydrogen-bond acceptors (Lipinski definition) is 2. The van der Waals surface area contributed by atoms with Crippen molar-refractivity contribution in [3.05, 3.63) is 23.2 Å². The molecule has 0 aromatic carbocycles. The van der Waals surface area contributed by atoms with E-state index in [2.05, 4.69) is 5.32 Å². The van der Waals surface area contributed by atoms with Crippen LogP contribution in [0, 0.1) is 13.8 Å². The molecule has 0 amide bonds. The number of hydrogen-bond donors (Lipinski definition) is 1. The Morgan fingerprint density at radius 3 is 2.44 bits per heavy atom. The summed E-state index contributed by atoms with van der Waals surface area (Å²) in [7, 11) is 0. The van der Waals surface area contributed by atoms with Crippen LogP contribution in [0.25, 0.3) is 0 Å². The van der Waals surface area contributed by atoms with E-state index in [1.807, 2.05) is 13.0 Å². The summed E-state index contributed by atoms with van der Waals surface area (Å²) in [5.41, 5.74) is 0.838. The molecule has 1 aromatic rings. The van der Waals surface area contributed by atoms with Gasteiger partial charge in [0.15, 0.2) is 0 Å². The second-order valence-electron chi connectivity index (χ2n) is 4.53. The van der Waals surface area contributed by atoms with E-state index in [4.69, 9.17) is 4.42 Å². The first-order valence-corrected chi connectivity index (χ1v) is 6.20. The molecule has 1 N–H and O–H groups in total. The predicted octanol–water partition coefficient (Wildman–Crippen LogP) is 4.28. The Bertz CT molecular complexity index is 371. The lowest BCUT2D eigenvalue weighted by molar-refractivity contribution is -0.136. The number of halogens is 3. The highest BCUT2D eigenvalue weighted by Crippen LogP contribution is 2.30. The normalized spacial score (nSPS) is 13.9. The van der Waals surface area contributed by atoms with Crippen molar-refractivity contribution >= 4 is 0 Å². The van der Waals surface area contributed by atoms with Gasteiger partial charge in [-0.05, 0) is 39.3 Å². The summed E-state index contributed by atoms with van der Waals surface area (Å²) >= 11 is 0. The van der Waals surface area contributed by atoms with Crippen molar-refractivity contribution < 1.29 is 17.6 Å². The smallest absolute Gasteiger partial charge is 0.389 e. The van der Waals surface area contributed by atoms with Gasteiger partial charge in [0.1, 0.15) is 11.5 Å². The van der Waals surface area contributed by atoms with Gasteiger partial charge in [-0.2, -0.15) is 13.2 Å².